The van der Waals surface area contributed by atoms with Crippen LogP contribution in [0.1, 0.15) is 24.8 Å². The minimum atomic E-state index is 0.487. The molecular formula is C15H20N2O. The first-order chi connectivity index (χ1) is 8.93. The first kappa shape index (κ1) is 11.8. The van der Waals surface area contributed by atoms with Crippen LogP contribution < -0.4 is 5.32 Å². The second-order valence-corrected chi connectivity index (χ2v) is 4.96. The van der Waals surface area contributed by atoms with E-state index >= 15 is 0 Å². The number of hydrogen-bond donors (Lipinski definition) is 2. The molecule has 1 aromatic heterocycles. The van der Waals surface area contributed by atoms with E-state index in [1.165, 1.54) is 29.3 Å². The van der Waals surface area contributed by atoms with Crippen LogP contribution in [-0.2, 0) is 11.3 Å². The predicted octanol–water partition coefficient (Wildman–Crippen LogP) is 2.83. The molecule has 0 spiro atoms. The topological polar surface area (TPSA) is 37.0 Å². The standard InChI is InChI=1S/C15H20N2O/c1-3-12(14-7-9-17-15(14)5-1)11-16-8-6-13-4-2-10-18-13/h1,3,5,7,9,13,16-17H,2,4,6,8,10-11H2. The fraction of sp³-hybridized carbons (Fsp3) is 0.467. The predicted molar refractivity (Wildman–Crippen MR) is 73.6 cm³/mol. The van der Waals surface area contributed by atoms with Gasteiger partial charge in [0, 0.05) is 30.3 Å². The van der Waals surface area contributed by atoms with Crippen LogP contribution in [0.5, 0.6) is 0 Å². The van der Waals surface area contributed by atoms with Gasteiger partial charge in [-0.3, -0.25) is 0 Å². The van der Waals surface area contributed by atoms with Gasteiger partial charge >= 0.3 is 0 Å². The number of aromatic nitrogens is 1. The van der Waals surface area contributed by atoms with Gasteiger partial charge in [-0.25, -0.2) is 0 Å². The number of fused-ring (bicyclic) bond motifs is 1. The molecule has 1 fully saturated rings. The van der Waals surface area contributed by atoms with Crippen LogP contribution in [0.2, 0.25) is 0 Å². The molecule has 1 aliphatic rings. The van der Waals surface area contributed by atoms with E-state index in [0.29, 0.717) is 6.10 Å². The Hall–Kier alpha value is -1.32. The summed E-state index contributed by atoms with van der Waals surface area (Å²) in [5, 5.41) is 4.84. The summed E-state index contributed by atoms with van der Waals surface area (Å²) in [5.41, 5.74) is 2.58. The van der Waals surface area contributed by atoms with Gasteiger partial charge in [0.25, 0.3) is 0 Å². The van der Waals surface area contributed by atoms with Crippen molar-refractivity contribution in [3.05, 3.63) is 36.0 Å². The molecule has 2 heterocycles. The van der Waals surface area contributed by atoms with Crippen LogP contribution in [0, 0.1) is 0 Å². The average Bonchev–Trinajstić information content (AvgIpc) is 3.05. The zero-order valence-corrected chi connectivity index (χ0v) is 10.6. The summed E-state index contributed by atoms with van der Waals surface area (Å²) in [4.78, 5) is 3.25. The maximum absolute atomic E-state index is 5.62. The van der Waals surface area contributed by atoms with Crippen molar-refractivity contribution in [1.82, 2.24) is 10.3 Å². The van der Waals surface area contributed by atoms with Crippen molar-refractivity contribution in [1.29, 1.82) is 0 Å². The monoisotopic (exact) mass is 244 g/mol. The molecule has 1 saturated heterocycles. The molecule has 1 aliphatic heterocycles. The smallest absolute Gasteiger partial charge is 0.0588 e. The molecule has 2 N–H and O–H groups in total. The number of rotatable bonds is 5. The highest BCUT2D eigenvalue weighted by molar-refractivity contribution is 5.82. The zero-order valence-electron chi connectivity index (χ0n) is 10.6. The van der Waals surface area contributed by atoms with E-state index < -0.39 is 0 Å². The summed E-state index contributed by atoms with van der Waals surface area (Å²) in [7, 11) is 0. The molecule has 3 rings (SSSR count). The molecule has 1 atom stereocenters. The second-order valence-electron chi connectivity index (χ2n) is 4.96. The molecule has 0 saturated carbocycles. The highest BCUT2D eigenvalue weighted by atomic mass is 16.5. The van der Waals surface area contributed by atoms with Gasteiger partial charge in [0.1, 0.15) is 0 Å². The molecule has 96 valence electrons. The average molecular weight is 244 g/mol. The van der Waals surface area contributed by atoms with Crippen molar-refractivity contribution >= 4 is 10.9 Å². The summed E-state index contributed by atoms with van der Waals surface area (Å²) in [6.45, 7) is 2.92. The molecule has 3 heteroatoms. The number of aromatic amines is 1. The molecule has 18 heavy (non-hydrogen) atoms. The lowest BCUT2D eigenvalue weighted by atomic mass is 10.1. The fourth-order valence-electron chi connectivity index (χ4n) is 2.66. The summed E-state index contributed by atoms with van der Waals surface area (Å²) in [6, 6.07) is 8.56. The second kappa shape index (κ2) is 5.55. The van der Waals surface area contributed by atoms with Gasteiger partial charge in [0.15, 0.2) is 0 Å². The zero-order chi connectivity index (χ0) is 12.2. The van der Waals surface area contributed by atoms with Crippen molar-refractivity contribution in [2.45, 2.75) is 31.9 Å². The van der Waals surface area contributed by atoms with Crippen molar-refractivity contribution < 1.29 is 4.74 Å². The lowest BCUT2D eigenvalue weighted by molar-refractivity contribution is 0.104. The van der Waals surface area contributed by atoms with Crippen LogP contribution >= 0.6 is 0 Å². The van der Waals surface area contributed by atoms with Crippen LogP contribution in [0.4, 0.5) is 0 Å². The lowest BCUT2D eigenvalue weighted by Crippen LogP contribution is -2.19. The molecule has 3 nitrogen and oxygen atoms in total. The normalized spacial score (nSPS) is 19.7. The summed E-state index contributed by atoms with van der Waals surface area (Å²) in [6.07, 6.45) is 6.08. The largest absolute Gasteiger partial charge is 0.378 e. The molecule has 2 aromatic rings. The van der Waals surface area contributed by atoms with Gasteiger partial charge in [0.2, 0.25) is 0 Å². The lowest BCUT2D eigenvalue weighted by Gasteiger charge is -2.10. The third-order valence-electron chi connectivity index (χ3n) is 3.67. The summed E-state index contributed by atoms with van der Waals surface area (Å²) < 4.78 is 5.62. The van der Waals surface area contributed by atoms with Crippen molar-refractivity contribution in [3.63, 3.8) is 0 Å². The maximum atomic E-state index is 5.62. The van der Waals surface area contributed by atoms with E-state index in [2.05, 4.69) is 34.6 Å². The molecule has 0 amide bonds. The van der Waals surface area contributed by atoms with Crippen LogP contribution in [-0.4, -0.2) is 24.2 Å². The Morgan fingerprint density at radius 3 is 3.22 bits per heavy atom. The molecule has 0 radical (unpaired) electrons. The van der Waals surface area contributed by atoms with Gasteiger partial charge in [-0.1, -0.05) is 12.1 Å². The third kappa shape index (κ3) is 2.57. The minimum absolute atomic E-state index is 0.487. The highest BCUT2D eigenvalue weighted by Crippen LogP contribution is 2.17. The van der Waals surface area contributed by atoms with Gasteiger partial charge in [-0.2, -0.15) is 0 Å². The van der Waals surface area contributed by atoms with E-state index in [9.17, 15) is 0 Å². The Bertz CT molecular complexity index is 500. The van der Waals surface area contributed by atoms with Gasteiger partial charge in [-0.15, -0.1) is 0 Å². The van der Waals surface area contributed by atoms with Crippen molar-refractivity contribution in [2.24, 2.45) is 0 Å². The molecule has 1 aromatic carbocycles. The Balaban J connectivity index is 1.51. The first-order valence-electron chi connectivity index (χ1n) is 6.81. The molecule has 0 bridgehead atoms. The number of hydrogen-bond acceptors (Lipinski definition) is 2. The fourth-order valence-corrected chi connectivity index (χ4v) is 2.66. The number of nitrogens with one attached hydrogen (secondary N) is 2. The summed E-state index contributed by atoms with van der Waals surface area (Å²) >= 11 is 0. The van der Waals surface area contributed by atoms with Crippen molar-refractivity contribution in [3.8, 4) is 0 Å². The third-order valence-corrected chi connectivity index (χ3v) is 3.67. The Morgan fingerprint density at radius 2 is 2.33 bits per heavy atom. The number of ether oxygens (including phenoxy) is 1. The van der Waals surface area contributed by atoms with E-state index in [4.69, 9.17) is 4.74 Å². The van der Waals surface area contributed by atoms with E-state index in [-0.39, 0.29) is 0 Å². The van der Waals surface area contributed by atoms with E-state index in [1.54, 1.807) is 0 Å². The van der Waals surface area contributed by atoms with Gasteiger partial charge < -0.3 is 15.0 Å². The van der Waals surface area contributed by atoms with E-state index in [0.717, 1.165) is 26.1 Å². The summed E-state index contributed by atoms with van der Waals surface area (Å²) in [5.74, 6) is 0. The Kier molecular flexibility index (Phi) is 3.62. The Morgan fingerprint density at radius 1 is 1.33 bits per heavy atom. The highest BCUT2D eigenvalue weighted by Gasteiger charge is 2.14. The van der Waals surface area contributed by atoms with Gasteiger partial charge in [-0.05, 0) is 43.5 Å². The van der Waals surface area contributed by atoms with Crippen LogP contribution in [0.3, 0.4) is 0 Å². The van der Waals surface area contributed by atoms with Crippen LogP contribution in [0.25, 0.3) is 10.9 Å². The quantitative estimate of drug-likeness (QED) is 0.794. The number of benzene rings is 1. The van der Waals surface area contributed by atoms with Crippen molar-refractivity contribution in [2.75, 3.05) is 13.2 Å². The Labute approximate surface area is 108 Å². The molecule has 1 unspecified atom stereocenters. The first-order valence-corrected chi connectivity index (χ1v) is 6.81. The molecular weight excluding hydrogens is 224 g/mol. The number of H-pyrrole nitrogens is 1. The van der Waals surface area contributed by atoms with Gasteiger partial charge in [0.05, 0.1) is 6.10 Å². The molecule has 0 aliphatic carbocycles. The maximum Gasteiger partial charge on any atom is 0.0588 e. The minimum Gasteiger partial charge on any atom is -0.378 e. The van der Waals surface area contributed by atoms with E-state index in [1.807, 2.05) is 6.20 Å². The SMILES string of the molecule is c1cc(CNCCC2CCCO2)c2cc[nH]c2c1. The van der Waals surface area contributed by atoms with Crippen LogP contribution in [0.15, 0.2) is 30.5 Å².